The zero-order valence-electron chi connectivity index (χ0n) is 12.9. The van der Waals surface area contributed by atoms with E-state index < -0.39 is 0 Å². The Balaban J connectivity index is 1.65. The molecule has 2 aromatic heterocycles. The molecule has 23 heavy (non-hydrogen) atoms. The highest BCUT2D eigenvalue weighted by Crippen LogP contribution is 2.15. The zero-order chi connectivity index (χ0) is 16.2. The molecule has 8 heteroatoms. The van der Waals surface area contributed by atoms with Crippen molar-refractivity contribution in [2.45, 2.75) is 19.4 Å². The molecule has 1 saturated heterocycles. The van der Waals surface area contributed by atoms with Gasteiger partial charge < -0.3 is 10.2 Å². The van der Waals surface area contributed by atoms with Crippen LogP contribution in [0.5, 0.6) is 0 Å². The van der Waals surface area contributed by atoms with Crippen molar-refractivity contribution >= 4 is 11.9 Å². The van der Waals surface area contributed by atoms with Crippen LogP contribution in [0.1, 0.15) is 29.0 Å². The van der Waals surface area contributed by atoms with Crippen LogP contribution < -0.4 is 15.8 Å². The van der Waals surface area contributed by atoms with E-state index in [-0.39, 0.29) is 23.7 Å². The number of nitrogens with one attached hydrogen (secondary N) is 1. The molecule has 3 rings (SSSR count). The number of nitrogens with zero attached hydrogens (tertiary/aromatic N) is 5. The second-order valence-corrected chi connectivity index (χ2v) is 5.41. The number of aromatic nitrogens is 4. The Morgan fingerprint density at radius 1 is 1.26 bits per heavy atom. The maximum absolute atomic E-state index is 12.1. The standard InChI is InChI=1S/C15H18N6O2/c1-20-13(22)5-4-12(19-20)14(23)17-10-11-6-7-16-15(18-11)21-8-2-3-9-21/h4-7H,2-3,8-10H2,1H3,(H,17,23). The van der Waals surface area contributed by atoms with Gasteiger partial charge in [-0.3, -0.25) is 9.59 Å². The summed E-state index contributed by atoms with van der Waals surface area (Å²) < 4.78 is 1.13. The van der Waals surface area contributed by atoms with Gasteiger partial charge in [0.1, 0.15) is 5.69 Å². The Bertz CT molecular complexity index is 767. The molecule has 0 radical (unpaired) electrons. The molecule has 1 aliphatic rings. The zero-order valence-corrected chi connectivity index (χ0v) is 12.9. The summed E-state index contributed by atoms with van der Waals surface area (Å²) >= 11 is 0. The first-order valence-corrected chi connectivity index (χ1v) is 7.53. The third-order valence-electron chi connectivity index (χ3n) is 3.71. The summed E-state index contributed by atoms with van der Waals surface area (Å²) in [5.41, 5.74) is 0.675. The Morgan fingerprint density at radius 3 is 2.78 bits per heavy atom. The predicted molar refractivity (Wildman–Crippen MR) is 84.1 cm³/mol. The molecule has 8 nitrogen and oxygen atoms in total. The molecule has 0 unspecified atom stereocenters. The number of amides is 1. The van der Waals surface area contributed by atoms with E-state index in [1.54, 1.807) is 12.3 Å². The van der Waals surface area contributed by atoms with Gasteiger partial charge in [-0.1, -0.05) is 0 Å². The number of anilines is 1. The van der Waals surface area contributed by atoms with E-state index in [0.29, 0.717) is 5.95 Å². The highest BCUT2D eigenvalue weighted by atomic mass is 16.2. The van der Waals surface area contributed by atoms with Crippen LogP contribution in [0.4, 0.5) is 5.95 Å². The van der Waals surface area contributed by atoms with Crippen molar-refractivity contribution in [3.05, 3.63) is 46.1 Å². The van der Waals surface area contributed by atoms with Crippen LogP contribution in [-0.2, 0) is 13.6 Å². The molecular formula is C15H18N6O2. The van der Waals surface area contributed by atoms with Crippen molar-refractivity contribution in [2.24, 2.45) is 7.05 Å². The van der Waals surface area contributed by atoms with Crippen molar-refractivity contribution in [2.75, 3.05) is 18.0 Å². The van der Waals surface area contributed by atoms with Crippen molar-refractivity contribution in [3.8, 4) is 0 Å². The van der Waals surface area contributed by atoms with E-state index in [9.17, 15) is 9.59 Å². The fourth-order valence-electron chi connectivity index (χ4n) is 2.44. The number of carbonyl (C=O) groups excluding carboxylic acids is 1. The van der Waals surface area contributed by atoms with Crippen molar-refractivity contribution < 1.29 is 4.79 Å². The van der Waals surface area contributed by atoms with E-state index in [1.807, 2.05) is 0 Å². The lowest BCUT2D eigenvalue weighted by atomic mass is 10.3. The molecule has 0 atom stereocenters. The summed E-state index contributed by atoms with van der Waals surface area (Å²) in [6.45, 7) is 2.22. The number of aryl methyl sites for hydroxylation is 1. The van der Waals surface area contributed by atoms with Crippen molar-refractivity contribution in [1.82, 2.24) is 25.1 Å². The van der Waals surface area contributed by atoms with E-state index in [2.05, 4.69) is 25.3 Å². The molecular weight excluding hydrogens is 296 g/mol. The minimum absolute atomic E-state index is 0.195. The number of hydrogen-bond acceptors (Lipinski definition) is 6. The molecule has 1 fully saturated rings. The van der Waals surface area contributed by atoms with Gasteiger partial charge in [0.25, 0.3) is 11.5 Å². The summed E-state index contributed by atoms with van der Waals surface area (Å²) in [5.74, 6) is 0.358. The Morgan fingerprint density at radius 2 is 2.04 bits per heavy atom. The molecule has 2 aromatic rings. The molecule has 120 valence electrons. The molecule has 0 bridgehead atoms. The largest absolute Gasteiger partial charge is 0.345 e. The van der Waals surface area contributed by atoms with Gasteiger partial charge in [0, 0.05) is 32.4 Å². The maximum Gasteiger partial charge on any atom is 0.272 e. The van der Waals surface area contributed by atoms with Gasteiger partial charge in [0.15, 0.2) is 0 Å². The van der Waals surface area contributed by atoms with Crippen molar-refractivity contribution in [3.63, 3.8) is 0 Å². The predicted octanol–water partition coefficient (Wildman–Crippen LogP) is 0.100. The van der Waals surface area contributed by atoms with Crippen LogP contribution in [0.25, 0.3) is 0 Å². The Labute approximate surface area is 133 Å². The third kappa shape index (κ3) is 3.53. The number of carbonyl (C=O) groups is 1. The molecule has 0 aliphatic carbocycles. The topological polar surface area (TPSA) is 93.0 Å². The van der Waals surface area contributed by atoms with Gasteiger partial charge in [-0.15, -0.1) is 0 Å². The van der Waals surface area contributed by atoms with Gasteiger partial charge in [-0.05, 0) is 25.0 Å². The average Bonchev–Trinajstić information content (AvgIpc) is 3.10. The fourth-order valence-corrected chi connectivity index (χ4v) is 2.44. The summed E-state index contributed by atoms with van der Waals surface area (Å²) in [6, 6.07) is 4.50. The highest BCUT2D eigenvalue weighted by Gasteiger charge is 2.15. The van der Waals surface area contributed by atoms with Gasteiger partial charge in [-0.2, -0.15) is 5.10 Å². The Hall–Kier alpha value is -2.77. The van der Waals surface area contributed by atoms with E-state index in [4.69, 9.17) is 0 Å². The summed E-state index contributed by atoms with van der Waals surface area (Å²) in [6.07, 6.45) is 4.01. The Kier molecular flexibility index (Phi) is 4.31. The van der Waals surface area contributed by atoms with Crippen LogP contribution in [0.3, 0.4) is 0 Å². The molecule has 3 heterocycles. The number of rotatable bonds is 4. The lowest BCUT2D eigenvalue weighted by molar-refractivity contribution is 0.0943. The normalized spacial score (nSPS) is 14.0. The lowest BCUT2D eigenvalue weighted by Crippen LogP contribution is -2.28. The quantitative estimate of drug-likeness (QED) is 0.860. The SMILES string of the molecule is Cn1nc(C(=O)NCc2ccnc(N3CCCC3)n2)ccc1=O. The first kappa shape index (κ1) is 15.1. The van der Waals surface area contributed by atoms with Gasteiger partial charge in [0.2, 0.25) is 5.95 Å². The van der Waals surface area contributed by atoms with Gasteiger partial charge in [0.05, 0.1) is 12.2 Å². The van der Waals surface area contributed by atoms with E-state index in [1.165, 1.54) is 19.2 Å². The van der Waals surface area contributed by atoms with Crippen molar-refractivity contribution in [1.29, 1.82) is 0 Å². The van der Waals surface area contributed by atoms with Crippen LogP contribution >= 0.6 is 0 Å². The van der Waals surface area contributed by atoms with Gasteiger partial charge in [-0.25, -0.2) is 14.6 Å². The fraction of sp³-hybridized carbons (Fsp3) is 0.400. The maximum atomic E-state index is 12.1. The average molecular weight is 314 g/mol. The molecule has 1 amide bonds. The molecule has 0 saturated carbocycles. The van der Waals surface area contributed by atoms with Crippen LogP contribution in [0.2, 0.25) is 0 Å². The lowest BCUT2D eigenvalue weighted by Gasteiger charge is -2.15. The monoisotopic (exact) mass is 314 g/mol. The molecule has 1 aliphatic heterocycles. The van der Waals surface area contributed by atoms with Crippen LogP contribution in [0, 0.1) is 0 Å². The summed E-state index contributed by atoms with van der Waals surface area (Å²) in [5, 5.41) is 6.67. The van der Waals surface area contributed by atoms with E-state index >= 15 is 0 Å². The van der Waals surface area contributed by atoms with Crippen LogP contribution in [-0.4, -0.2) is 38.7 Å². The second-order valence-electron chi connectivity index (χ2n) is 5.41. The summed E-state index contributed by atoms with van der Waals surface area (Å²) in [4.78, 5) is 34.3. The first-order valence-electron chi connectivity index (χ1n) is 7.53. The van der Waals surface area contributed by atoms with E-state index in [0.717, 1.165) is 36.3 Å². The minimum atomic E-state index is -0.345. The summed E-state index contributed by atoms with van der Waals surface area (Å²) in [7, 11) is 1.51. The minimum Gasteiger partial charge on any atom is -0.345 e. The molecule has 0 aromatic carbocycles. The molecule has 0 spiro atoms. The molecule has 1 N–H and O–H groups in total. The highest BCUT2D eigenvalue weighted by molar-refractivity contribution is 5.91. The number of hydrogen-bond donors (Lipinski definition) is 1. The van der Waals surface area contributed by atoms with Crippen LogP contribution in [0.15, 0.2) is 29.2 Å². The first-order chi connectivity index (χ1) is 11.1. The smallest absolute Gasteiger partial charge is 0.272 e. The third-order valence-corrected chi connectivity index (χ3v) is 3.71. The van der Waals surface area contributed by atoms with Gasteiger partial charge >= 0.3 is 0 Å². The second kappa shape index (κ2) is 6.55.